The van der Waals surface area contributed by atoms with Gasteiger partial charge >= 0.3 is 5.97 Å². The molecule has 0 unspecified atom stereocenters. The number of halogens is 1. The van der Waals surface area contributed by atoms with E-state index in [1.807, 2.05) is 0 Å². The third-order valence-corrected chi connectivity index (χ3v) is 3.05. The third kappa shape index (κ3) is 3.47. The van der Waals surface area contributed by atoms with Crippen LogP contribution in [0.3, 0.4) is 0 Å². The normalized spacial score (nSPS) is 11.6. The Kier molecular flexibility index (Phi) is 4.21. The fourth-order valence-electron chi connectivity index (χ4n) is 1.46. The summed E-state index contributed by atoms with van der Waals surface area (Å²) in [6, 6.07) is 3.21. The maximum Gasteiger partial charge on any atom is 0.323 e. The molecule has 0 atom stereocenters. The molecule has 104 valence electrons. The van der Waals surface area contributed by atoms with Crippen LogP contribution in [0.5, 0.6) is 0 Å². The van der Waals surface area contributed by atoms with Gasteiger partial charge in [-0.2, -0.15) is 0 Å². The van der Waals surface area contributed by atoms with Crippen molar-refractivity contribution in [3.8, 4) is 0 Å². The molecule has 0 aliphatic carbocycles. The molecule has 0 saturated carbocycles. The van der Waals surface area contributed by atoms with Gasteiger partial charge in [0.05, 0.1) is 11.0 Å². The largest absolute Gasteiger partial charge is 0.480 e. The van der Waals surface area contributed by atoms with Crippen molar-refractivity contribution in [1.82, 2.24) is 4.90 Å². The van der Waals surface area contributed by atoms with Gasteiger partial charge in [0, 0.05) is 12.6 Å². The van der Waals surface area contributed by atoms with E-state index in [-0.39, 0.29) is 12.2 Å². The van der Waals surface area contributed by atoms with E-state index < -0.39 is 22.2 Å². The van der Waals surface area contributed by atoms with Gasteiger partial charge in [0.1, 0.15) is 11.4 Å². The molecule has 7 heteroatoms. The Balaban J connectivity index is 3.00. The molecule has 0 bridgehead atoms. The average molecular weight is 270 g/mol. The van der Waals surface area contributed by atoms with Crippen molar-refractivity contribution in [2.45, 2.75) is 25.9 Å². The number of rotatable bonds is 5. The second-order valence-corrected chi connectivity index (χ2v) is 4.80. The predicted molar refractivity (Wildman–Crippen MR) is 66.2 cm³/mol. The van der Waals surface area contributed by atoms with E-state index in [2.05, 4.69) is 0 Å². The summed E-state index contributed by atoms with van der Waals surface area (Å²) in [5.74, 6) is -1.74. The van der Waals surface area contributed by atoms with E-state index in [1.165, 1.54) is 24.8 Å². The Hall–Kier alpha value is -2.02. The molecule has 1 aromatic carbocycles. The van der Waals surface area contributed by atoms with Gasteiger partial charge in [0.25, 0.3) is 5.69 Å². The van der Waals surface area contributed by atoms with Gasteiger partial charge in [-0.25, -0.2) is 4.39 Å². The summed E-state index contributed by atoms with van der Waals surface area (Å²) in [5.41, 5.74) is -1.15. The first-order valence-electron chi connectivity index (χ1n) is 5.53. The van der Waals surface area contributed by atoms with Crippen LogP contribution in [0, 0.1) is 15.9 Å². The smallest absolute Gasteiger partial charge is 0.323 e. The van der Waals surface area contributed by atoms with Crippen LogP contribution in [-0.2, 0) is 11.3 Å². The van der Waals surface area contributed by atoms with Crippen LogP contribution in [0.4, 0.5) is 10.1 Å². The molecule has 0 heterocycles. The molecule has 0 amide bonds. The quantitative estimate of drug-likeness (QED) is 0.653. The molecule has 0 fully saturated rings. The van der Waals surface area contributed by atoms with Crippen LogP contribution in [-0.4, -0.2) is 33.5 Å². The molecule has 0 radical (unpaired) electrons. The van der Waals surface area contributed by atoms with Crippen LogP contribution in [0.1, 0.15) is 19.4 Å². The summed E-state index contributed by atoms with van der Waals surface area (Å²) in [4.78, 5) is 22.5. The number of nitro groups is 1. The van der Waals surface area contributed by atoms with Gasteiger partial charge in [0.15, 0.2) is 0 Å². The lowest BCUT2D eigenvalue weighted by Gasteiger charge is -2.31. The fraction of sp³-hybridized carbons (Fsp3) is 0.417. The lowest BCUT2D eigenvalue weighted by Crippen LogP contribution is -2.47. The number of carboxylic acids is 1. The molecule has 0 spiro atoms. The highest BCUT2D eigenvalue weighted by molar-refractivity contribution is 5.77. The molecule has 1 rings (SSSR count). The number of likely N-dealkylation sites (N-methyl/N-ethyl adjacent to an activating group) is 1. The van der Waals surface area contributed by atoms with Crippen molar-refractivity contribution in [3.63, 3.8) is 0 Å². The summed E-state index contributed by atoms with van der Waals surface area (Å²) < 4.78 is 13.3. The number of carboxylic acid groups (broad SMARTS) is 1. The molecule has 0 aliphatic heterocycles. The monoisotopic (exact) mass is 270 g/mol. The Labute approximate surface area is 109 Å². The van der Waals surface area contributed by atoms with Crippen LogP contribution in [0.15, 0.2) is 18.2 Å². The highest BCUT2D eigenvalue weighted by atomic mass is 19.1. The van der Waals surface area contributed by atoms with Crippen LogP contribution in [0.25, 0.3) is 0 Å². The van der Waals surface area contributed by atoms with E-state index in [1.54, 1.807) is 7.05 Å². The minimum atomic E-state index is -1.15. The van der Waals surface area contributed by atoms with Crippen molar-refractivity contribution < 1.29 is 19.2 Å². The predicted octanol–water partition coefficient (Wildman–Crippen LogP) is 2.03. The van der Waals surface area contributed by atoms with Gasteiger partial charge in [-0.3, -0.25) is 19.8 Å². The summed E-state index contributed by atoms with van der Waals surface area (Å²) in [6.45, 7) is 3.10. The van der Waals surface area contributed by atoms with E-state index in [0.717, 1.165) is 12.1 Å². The van der Waals surface area contributed by atoms with Crippen molar-refractivity contribution in [2.24, 2.45) is 0 Å². The molecular weight excluding hydrogens is 255 g/mol. The molecule has 0 aliphatic rings. The Bertz CT molecular complexity index is 516. The number of hydrogen-bond donors (Lipinski definition) is 1. The maximum absolute atomic E-state index is 13.3. The highest BCUT2D eigenvalue weighted by Crippen LogP contribution is 2.20. The molecule has 1 N–H and O–H groups in total. The molecular formula is C12H15FN2O4. The number of nitrogens with zero attached hydrogens (tertiary/aromatic N) is 2. The summed E-state index contributed by atoms with van der Waals surface area (Å²) in [7, 11) is 1.56. The topological polar surface area (TPSA) is 83.7 Å². The zero-order chi connectivity index (χ0) is 14.8. The first-order valence-corrected chi connectivity index (χ1v) is 5.53. The van der Waals surface area contributed by atoms with Gasteiger partial charge < -0.3 is 5.11 Å². The maximum atomic E-state index is 13.3. The fourth-order valence-corrected chi connectivity index (χ4v) is 1.46. The van der Waals surface area contributed by atoms with Gasteiger partial charge in [-0.05, 0) is 32.5 Å². The number of hydrogen-bond acceptors (Lipinski definition) is 4. The third-order valence-electron chi connectivity index (χ3n) is 3.05. The van der Waals surface area contributed by atoms with Gasteiger partial charge in [-0.1, -0.05) is 0 Å². The van der Waals surface area contributed by atoms with Crippen molar-refractivity contribution in [3.05, 3.63) is 39.7 Å². The summed E-state index contributed by atoms with van der Waals surface area (Å²) >= 11 is 0. The van der Waals surface area contributed by atoms with Crippen LogP contribution < -0.4 is 0 Å². The van der Waals surface area contributed by atoms with Crippen LogP contribution >= 0.6 is 0 Å². The summed E-state index contributed by atoms with van der Waals surface area (Å²) in [5, 5.41) is 19.7. The molecule has 19 heavy (non-hydrogen) atoms. The second kappa shape index (κ2) is 5.31. The number of nitro benzene ring substituents is 1. The van der Waals surface area contributed by atoms with Gasteiger partial charge in [0.2, 0.25) is 0 Å². The Morgan fingerprint density at radius 3 is 2.53 bits per heavy atom. The molecule has 0 aromatic heterocycles. The minimum Gasteiger partial charge on any atom is -0.480 e. The number of non-ortho nitro benzene ring substituents is 1. The van der Waals surface area contributed by atoms with Crippen molar-refractivity contribution in [2.75, 3.05) is 7.05 Å². The summed E-state index contributed by atoms with van der Waals surface area (Å²) in [6.07, 6.45) is 0. The lowest BCUT2D eigenvalue weighted by molar-refractivity contribution is -0.385. The molecule has 1 aromatic rings. The standard InChI is InChI=1S/C12H15FN2O4/c1-12(2,11(16)17)14(3)7-8-4-9(13)6-10(5-8)15(18)19/h4-6H,7H2,1-3H3,(H,16,17). The molecule has 6 nitrogen and oxygen atoms in total. The highest BCUT2D eigenvalue weighted by Gasteiger charge is 2.32. The first-order chi connectivity index (χ1) is 8.64. The van der Waals surface area contributed by atoms with E-state index in [0.29, 0.717) is 5.56 Å². The van der Waals surface area contributed by atoms with Gasteiger partial charge in [-0.15, -0.1) is 0 Å². The van der Waals surface area contributed by atoms with Crippen molar-refractivity contribution in [1.29, 1.82) is 0 Å². The average Bonchev–Trinajstić information content (AvgIpc) is 2.27. The van der Waals surface area contributed by atoms with Crippen LogP contribution in [0.2, 0.25) is 0 Å². The van der Waals surface area contributed by atoms with E-state index in [4.69, 9.17) is 5.11 Å². The second-order valence-electron chi connectivity index (χ2n) is 4.80. The number of carbonyl (C=O) groups is 1. The number of benzene rings is 1. The lowest BCUT2D eigenvalue weighted by atomic mass is 10.0. The Morgan fingerprint density at radius 2 is 2.05 bits per heavy atom. The molecule has 0 saturated heterocycles. The van der Waals surface area contributed by atoms with Crippen molar-refractivity contribution >= 4 is 11.7 Å². The first kappa shape index (κ1) is 15.0. The Morgan fingerprint density at radius 1 is 1.47 bits per heavy atom. The number of aliphatic carboxylic acids is 1. The SMILES string of the molecule is CN(Cc1cc(F)cc([N+](=O)[O-])c1)C(C)(C)C(=O)O. The zero-order valence-corrected chi connectivity index (χ0v) is 10.9. The minimum absolute atomic E-state index is 0.0951. The van der Waals surface area contributed by atoms with E-state index in [9.17, 15) is 19.3 Å². The zero-order valence-electron chi connectivity index (χ0n) is 10.9. The van der Waals surface area contributed by atoms with E-state index >= 15 is 0 Å².